The van der Waals surface area contributed by atoms with Gasteiger partial charge in [-0.3, -0.25) is 4.79 Å². The van der Waals surface area contributed by atoms with Crippen molar-refractivity contribution in [1.82, 2.24) is 0 Å². The van der Waals surface area contributed by atoms with Crippen molar-refractivity contribution in [2.24, 2.45) is 0 Å². The molecular weight excluding hydrogens is 330 g/mol. The molecule has 0 fully saturated rings. The van der Waals surface area contributed by atoms with Crippen LogP contribution in [0.2, 0.25) is 0 Å². The largest absolute Gasteiger partial charge is 0.492 e. The molecule has 5 nitrogen and oxygen atoms in total. The number of amides is 1. The molecule has 26 heavy (non-hydrogen) atoms. The number of aryl methyl sites for hydroxylation is 1. The molecule has 0 aromatic heterocycles. The number of para-hydroxylation sites is 2. The van der Waals surface area contributed by atoms with Gasteiger partial charge in [0, 0.05) is 6.08 Å². The molecule has 0 spiro atoms. The van der Waals surface area contributed by atoms with E-state index >= 15 is 0 Å². The Labute approximate surface area is 153 Å². The van der Waals surface area contributed by atoms with Crippen LogP contribution in [-0.4, -0.2) is 24.6 Å². The molecule has 136 valence electrons. The third kappa shape index (κ3) is 5.77. The zero-order valence-corrected chi connectivity index (χ0v) is 15.2. The van der Waals surface area contributed by atoms with Crippen LogP contribution in [0.1, 0.15) is 25.0 Å². The lowest BCUT2D eigenvalue weighted by Crippen LogP contribution is -2.29. The summed E-state index contributed by atoms with van der Waals surface area (Å²) in [6.45, 7) is 5.87. The predicted octanol–water partition coefficient (Wildman–Crippen LogP) is 3.98. The van der Waals surface area contributed by atoms with Crippen molar-refractivity contribution in [2.75, 3.05) is 11.9 Å². The quantitative estimate of drug-likeness (QED) is 0.604. The van der Waals surface area contributed by atoms with Gasteiger partial charge in [-0.15, -0.1) is 0 Å². The molecule has 2 rings (SSSR count). The number of hydrogen-bond acceptors (Lipinski definition) is 4. The zero-order chi connectivity index (χ0) is 18.9. The van der Waals surface area contributed by atoms with Gasteiger partial charge in [0.25, 0.3) is 5.91 Å². The van der Waals surface area contributed by atoms with Gasteiger partial charge in [0.1, 0.15) is 5.75 Å². The highest BCUT2D eigenvalue weighted by Crippen LogP contribution is 2.23. The molecule has 1 amide bonds. The Morgan fingerprint density at radius 1 is 1.12 bits per heavy atom. The molecule has 0 saturated carbocycles. The van der Waals surface area contributed by atoms with Crippen LogP contribution in [0.3, 0.4) is 0 Å². The van der Waals surface area contributed by atoms with E-state index in [4.69, 9.17) is 9.47 Å². The Balaban J connectivity index is 1.92. The number of benzene rings is 2. The van der Waals surface area contributed by atoms with Crippen LogP contribution in [0.25, 0.3) is 6.08 Å². The van der Waals surface area contributed by atoms with Crippen LogP contribution in [-0.2, 0) is 14.3 Å². The third-order valence-corrected chi connectivity index (χ3v) is 3.60. The molecule has 2 aromatic rings. The van der Waals surface area contributed by atoms with Gasteiger partial charge >= 0.3 is 5.97 Å². The Morgan fingerprint density at radius 2 is 1.81 bits per heavy atom. The summed E-state index contributed by atoms with van der Waals surface area (Å²) < 4.78 is 10.6. The lowest BCUT2D eigenvalue weighted by atomic mass is 10.1. The van der Waals surface area contributed by atoms with E-state index < -0.39 is 18.0 Å². The summed E-state index contributed by atoms with van der Waals surface area (Å²) in [5, 5.41) is 2.72. The van der Waals surface area contributed by atoms with E-state index in [2.05, 4.69) is 5.32 Å². The summed E-state index contributed by atoms with van der Waals surface area (Å²) in [6.07, 6.45) is 2.03. The van der Waals surface area contributed by atoms with Crippen molar-refractivity contribution in [3.05, 3.63) is 65.7 Å². The van der Waals surface area contributed by atoms with Gasteiger partial charge in [-0.25, -0.2) is 4.79 Å². The summed E-state index contributed by atoms with van der Waals surface area (Å²) in [4.78, 5) is 24.2. The average molecular weight is 353 g/mol. The highest BCUT2D eigenvalue weighted by Gasteiger charge is 2.18. The lowest BCUT2D eigenvalue weighted by molar-refractivity contribution is -0.148. The fourth-order valence-electron chi connectivity index (χ4n) is 2.19. The number of anilines is 1. The fourth-order valence-corrected chi connectivity index (χ4v) is 2.19. The Bertz CT molecular complexity index is 781. The van der Waals surface area contributed by atoms with E-state index in [0.29, 0.717) is 18.0 Å². The number of esters is 1. The van der Waals surface area contributed by atoms with E-state index in [1.54, 1.807) is 24.3 Å². The Hall–Kier alpha value is -3.08. The summed E-state index contributed by atoms with van der Waals surface area (Å²) in [5.41, 5.74) is 2.56. The van der Waals surface area contributed by atoms with Crippen LogP contribution in [0.5, 0.6) is 5.75 Å². The van der Waals surface area contributed by atoms with Gasteiger partial charge in [-0.1, -0.05) is 42.0 Å². The van der Waals surface area contributed by atoms with Crippen LogP contribution >= 0.6 is 0 Å². The Morgan fingerprint density at radius 3 is 2.50 bits per heavy atom. The van der Waals surface area contributed by atoms with E-state index in [1.165, 1.54) is 13.0 Å². The topological polar surface area (TPSA) is 64.6 Å². The molecule has 0 aliphatic rings. The van der Waals surface area contributed by atoms with Crippen LogP contribution < -0.4 is 10.1 Å². The molecule has 0 saturated heterocycles. The fraction of sp³-hybridized carbons (Fsp3) is 0.238. The molecule has 2 aromatic carbocycles. The number of carbonyl (C=O) groups is 2. The number of ether oxygens (including phenoxy) is 2. The first-order valence-corrected chi connectivity index (χ1v) is 8.47. The van der Waals surface area contributed by atoms with Crippen LogP contribution in [0, 0.1) is 6.92 Å². The first-order valence-electron chi connectivity index (χ1n) is 8.47. The maximum Gasteiger partial charge on any atom is 0.331 e. The minimum Gasteiger partial charge on any atom is -0.492 e. The molecule has 0 radical (unpaired) electrons. The van der Waals surface area contributed by atoms with Gasteiger partial charge < -0.3 is 14.8 Å². The standard InChI is InChI=1S/C21H23NO4/c1-4-25-19-8-6-5-7-18(19)22-21(24)16(3)26-20(23)14-13-17-11-9-15(2)10-12-17/h5-14,16H,4H2,1-3H3,(H,22,24). The number of nitrogens with one attached hydrogen (secondary N) is 1. The van der Waals surface area contributed by atoms with Crippen molar-refractivity contribution < 1.29 is 19.1 Å². The molecule has 0 aliphatic heterocycles. The van der Waals surface area contributed by atoms with E-state index in [0.717, 1.165) is 11.1 Å². The third-order valence-electron chi connectivity index (χ3n) is 3.60. The predicted molar refractivity (Wildman–Crippen MR) is 102 cm³/mol. The second kappa shape index (κ2) is 9.42. The maximum absolute atomic E-state index is 12.2. The lowest BCUT2D eigenvalue weighted by Gasteiger charge is -2.15. The van der Waals surface area contributed by atoms with Crippen molar-refractivity contribution in [1.29, 1.82) is 0 Å². The summed E-state index contributed by atoms with van der Waals surface area (Å²) in [7, 11) is 0. The van der Waals surface area contributed by atoms with Gasteiger partial charge in [0.05, 0.1) is 12.3 Å². The van der Waals surface area contributed by atoms with Crippen LogP contribution in [0.4, 0.5) is 5.69 Å². The highest BCUT2D eigenvalue weighted by molar-refractivity contribution is 5.97. The molecular formula is C21H23NO4. The van der Waals surface area contributed by atoms with Gasteiger partial charge in [0.2, 0.25) is 0 Å². The van der Waals surface area contributed by atoms with Crippen molar-refractivity contribution in [3.8, 4) is 5.75 Å². The number of rotatable bonds is 7. The van der Waals surface area contributed by atoms with Gasteiger partial charge in [-0.05, 0) is 44.5 Å². The summed E-state index contributed by atoms with van der Waals surface area (Å²) >= 11 is 0. The summed E-state index contributed by atoms with van der Waals surface area (Å²) in [6, 6.07) is 14.8. The molecule has 5 heteroatoms. The maximum atomic E-state index is 12.2. The van der Waals surface area contributed by atoms with Crippen molar-refractivity contribution >= 4 is 23.6 Å². The van der Waals surface area contributed by atoms with E-state index in [1.807, 2.05) is 44.2 Å². The normalized spacial score (nSPS) is 11.8. The minimum atomic E-state index is -0.931. The second-order valence-electron chi connectivity index (χ2n) is 5.74. The monoisotopic (exact) mass is 353 g/mol. The first kappa shape index (κ1) is 19.2. The van der Waals surface area contributed by atoms with Crippen LogP contribution in [0.15, 0.2) is 54.6 Å². The Kier molecular flexibility index (Phi) is 6.97. The van der Waals surface area contributed by atoms with Crippen molar-refractivity contribution in [3.63, 3.8) is 0 Å². The average Bonchev–Trinajstić information content (AvgIpc) is 2.63. The first-order chi connectivity index (χ1) is 12.5. The number of carbonyl (C=O) groups excluding carboxylic acids is 2. The minimum absolute atomic E-state index is 0.422. The van der Waals surface area contributed by atoms with Gasteiger partial charge in [-0.2, -0.15) is 0 Å². The van der Waals surface area contributed by atoms with E-state index in [9.17, 15) is 9.59 Å². The second-order valence-corrected chi connectivity index (χ2v) is 5.74. The van der Waals surface area contributed by atoms with E-state index in [-0.39, 0.29) is 0 Å². The summed E-state index contributed by atoms with van der Waals surface area (Å²) in [5.74, 6) is -0.429. The number of hydrogen-bond donors (Lipinski definition) is 1. The molecule has 1 N–H and O–H groups in total. The molecule has 0 heterocycles. The van der Waals surface area contributed by atoms with Crippen molar-refractivity contribution in [2.45, 2.75) is 26.9 Å². The smallest absolute Gasteiger partial charge is 0.331 e. The molecule has 1 unspecified atom stereocenters. The SMILES string of the molecule is CCOc1ccccc1NC(=O)C(C)OC(=O)C=Cc1ccc(C)cc1. The molecule has 0 bridgehead atoms. The molecule has 0 aliphatic carbocycles. The highest BCUT2D eigenvalue weighted by atomic mass is 16.5. The molecule has 1 atom stereocenters. The van der Waals surface area contributed by atoms with Gasteiger partial charge in [0.15, 0.2) is 6.10 Å². The zero-order valence-electron chi connectivity index (χ0n) is 15.2.